The second-order valence-corrected chi connectivity index (χ2v) is 7.39. The average Bonchev–Trinajstić information content (AvgIpc) is 3.16. The standard InChI is InChI=1S/C22H15ClFN3O2S/c1-13-16(23)7-4-10-18(13)27-21(29)15(20(28)25-22(27)30)12-14-6-5-11-26(14)19-9-3-2-8-17(19)24/h2-12H,1H3,(H,25,28,30)/b15-12-. The van der Waals surface area contributed by atoms with Crippen molar-refractivity contribution >= 4 is 52.5 Å². The third kappa shape index (κ3) is 3.42. The Morgan fingerprint density at radius 1 is 1.03 bits per heavy atom. The van der Waals surface area contributed by atoms with Crippen molar-refractivity contribution in [2.75, 3.05) is 4.90 Å². The van der Waals surface area contributed by atoms with E-state index in [1.165, 1.54) is 17.0 Å². The van der Waals surface area contributed by atoms with Gasteiger partial charge in [0, 0.05) is 16.9 Å². The minimum absolute atomic E-state index is 0.0306. The van der Waals surface area contributed by atoms with Crippen LogP contribution in [0.3, 0.4) is 0 Å². The number of amides is 2. The Hall–Kier alpha value is -3.29. The van der Waals surface area contributed by atoms with Crippen molar-refractivity contribution in [1.82, 2.24) is 9.88 Å². The predicted molar refractivity (Wildman–Crippen MR) is 118 cm³/mol. The number of thiocarbonyl (C=S) groups is 1. The molecule has 4 rings (SSSR count). The van der Waals surface area contributed by atoms with Crippen LogP contribution >= 0.6 is 23.8 Å². The number of hydrogen-bond donors (Lipinski definition) is 1. The fourth-order valence-corrected chi connectivity index (χ4v) is 3.68. The normalized spacial score (nSPS) is 15.6. The van der Waals surface area contributed by atoms with Crippen molar-refractivity contribution in [3.05, 3.63) is 88.5 Å². The summed E-state index contributed by atoms with van der Waals surface area (Å²) in [5, 5.41) is 2.98. The van der Waals surface area contributed by atoms with Gasteiger partial charge in [0.1, 0.15) is 11.4 Å². The lowest BCUT2D eigenvalue weighted by atomic mass is 10.1. The number of carbonyl (C=O) groups is 2. The van der Waals surface area contributed by atoms with Gasteiger partial charge in [-0.25, -0.2) is 4.39 Å². The van der Waals surface area contributed by atoms with Gasteiger partial charge < -0.3 is 4.57 Å². The highest BCUT2D eigenvalue weighted by Crippen LogP contribution is 2.30. The fraction of sp³-hybridized carbons (Fsp3) is 0.0455. The molecule has 0 saturated carbocycles. The second kappa shape index (κ2) is 7.85. The van der Waals surface area contributed by atoms with Crippen molar-refractivity contribution in [2.24, 2.45) is 0 Å². The van der Waals surface area contributed by atoms with Crippen LogP contribution in [-0.2, 0) is 9.59 Å². The van der Waals surface area contributed by atoms with Gasteiger partial charge in [0.15, 0.2) is 5.11 Å². The largest absolute Gasteiger partial charge is 0.314 e. The van der Waals surface area contributed by atoms with Crippen LogP contribution in [0, 0.1) is 12.7 Å². The summed E-state index contributed by atoms with van der Waals surface area (Å²) in [5.74, 6) is -1.64. The molecule has 1 aliphatic rings. The van der Waals surface area contributed by atoms with E-state index in [4.69, 9.17) is 23.8 Å². The molecule has 3 aromatic rings. The van der Waals surface area contributed by atoms with E-state index >= 15 is 0 Å². The van der Waals surface area contributed by atoms with Crippen LogP contribution in [-0.4, -0.2) is 21.5 Å². The molecule has 30 heavy (non-hydrogen) atoms. The number of anilines is 1. The van der Waals surface area contributed by atoms with Gasteiger partial charge in [-0.1, -0.05) is 29.8 Å². The summed E-state index contributed by atoms with van der Waals surface area (Å²) in [6.07, 6.45) is 3.07. The molecule has 0 radical (unpaired) electrons. The van der Waals surface area contributed by atoms with E-state index in [1.54, 1.807) is 66.2 Å². The number of nitrogens with one attached hydrogen (secondary N) is 1. The van der Waals surface area contributed by atoms with E-state index in [0.29, 0.717) is 27.7 Å². The van der Waals surface area contributed by atoms with Crippen molar-refractivity contribution in [2.45, 2.75) is 6.92 Å². The molecule has 1 N–H and O–H groups in total. The molecule has 2 heterocycles. The number of rotatable bonds is 3. The first-order chi connectivity index (χ1) is 14.4. The van der Waals surface area contributed by atoms with Crippen molar-refractivity contribution in [3.8, 4) is 5.69 Å². The van der Waals surface area contributed by atoms with E-state index in [1.807, 2.05) is 0 Å². The number of carbonyl (C=O) groups excluding carboxylic acids is 2. The van der Waals surface area contributed by atoms with Gasteiger partial charge in [-0.05, 0) is 67.2 Å². The lowest BCUT2D eigenvalue weighted by Crippen LogP contribution is -2.54. The lowest BCUT2D eigenvalue weighted by Gasteiger charge is -2.30. The maximum Gasteiger partial charge on any atom is 0.270 e. The van der Waals surface area contributed by atoms with E-state index in [-0.39, 0.29) is 10.7 Å². The number of aromatic nitrogens is 1. The molecule has 0 aliphatic carbocycles. The van der Waals surface area contributed by atoms with Crippen LogP contribution in [0.1, 0.15) is 11.3 Å². The zero-order valence-electron chi connectivity index (χ0n) is 15.7. The summed E-state index contributed by atoms with van der Waals surface area (Å²) >= 11 is 11.4. The summed E-state index contributed by atoms with van der Waals surface area (Å²) in [4.78, 5) is 27.0. The fourth-order valence-electron chi connectivity index (χ4n) is 3.24. The molecule has 1 aromatic heterocycles. The van der Waals surface area contributed by atoms with Crippen LogP contribution in [0.2, 0.25) is 5.02 Å². The number of para-hydroxylation sites is 1. The van der Waals surface area contributed by atoms with Gasteiger partial charge in [0.25, 0.3) is 11.8 Å². The Morgan fingerprint density at radius 2 is 1.77 bits per heavy atom. The third-order valence-electron chi connectivity index (χ3n) is 4.77. The summed E-state index contributed by atoms with van der Waals surface area (Å²) in [6, 6.07) is 14.7. The zero-order chi connectivity index (χ0) is 21.4. The molecular formula is C22H15ClFN3O2S. The maximum absolute atomic E-state index is 14.3. The molecule has 1 saturated heterocycles. The first kappa shape index (κ1) is 20.0. The van der Waals surface area contributed by atoms with Crippen molar-refractivity contribution in [3.63, 3.8) is 0 Å². The topological polar surface area (TPSA) is 54.3 Å². The molecule has 1 aliphatic heterocycles. The van der Waals surface area contributed by atoms with Crippen LogP contribution in [0.5, 0.6) is 0 Å². The summed E-state index contributed by atoms with van der Waals surface area (Å²) in [7, 11) is 0. The smallest absolute Gasteiger partial charge is 0.270 e. The van der Waals surface area contributed by atoms with E-state index in [9.17, 15) is 14.0 Å². The molecule has 1 fully saturated rings. The Morgan fingerprint density at radius 3 is 2.53 bits per heavy atom. The van der Waals surface area contributed by atoms with Gasteiger partial charge >= 0.3 is 0 Å². The van der Waals surface area contributed by atoms with E-state index in [0.717, 1.165) is 0 Å². The van der Waals surface area contributed by atoms with Gasteiger partial charge in [0.05, 0.1) is 11.4 Å². The first-order valence-electron chi connectivity index (χ1n) is 8.97. The number of hydrogen-bond acceptors (Lipinski definition) is 3. The Balaban J connectivity index is 1.79. The average molecular weight is 440 g/mol. The number of nitrogens with zero attached hydrogens (tertiary/aromatic N) is 2. The highest BCUT2D eigenvalue weighted by atomic mass is 35.5. The molecule has 2 aromatic carbocycles. The monoisotopic (exact) mass is 439 g/mol. The minimum Gasteiger partial charge on any atom is -0.314 e. The molecule has 0 spiro atoms. The molecule has 0 bridgehead atoms. The Kier molecular flexibility index (Phi) is 5.24. The number of benzene rings is 2. The Labute approximate surface area is 182 Å². The van der Waals surface area contributed by atoms with Crippen LogP contribution in [0.25, 0.3) is 11.8 Å². The first-order valence-corrected chi connectivity index (χ1v) is 9.76. The quantitative estimate of drug-likeness (QED) is 0.373. The lowest BCUT2D eigenvalue weighted by molar-refractivity contribution is -0.122. The van der Waals surface area contributed by atoms with Crippen molar-refractivity contribution < 1.29 is 14.0 Å². The zero-order valence-corrected chi connectivity index (χ0v) is 17.3. The molecule has 2 amide bonds. The SMILES string of the molecule is Cc1c(Cl)cccc1N1C(=O)/C(=C\c2cccn2-c2ccccc2F)C(=O)NC1=S. The van der Waals surface area contributed by atoms with Crippen molar-refractivity contribution in [1.29, 1.82) is 0 Å². The van der Waals surface area contributed by atoms with Gasteiger partial charge in [0.2, 0.25) is 0 Å². The molecule has 0 unspecified atom stereocenters. The van der Waals surface area contributed by atoms with Gasteiger partial charge in [-0.3, -0.25) is 19.8 Å². The maximum atomic E-state index is 14.3. The molecule has 150 valence electrons. The second-order valence-electron chi connectivity index (χ2n) is 6.60. The van der Waals surface area contributed by atoms with E-state index < -0.39 is 17.6 Å². The molecule has 0 atom stereocenters. The highest BCUT2D eigenvalue weighted by Gasteiger charge is 2.35. The predicted octanol–water partition coefficient (Wildman–Crippen LogP) is 4.41. The molecule has 5 nitrogen and oxygen atoms in total. The highest BCUT2D eigenvalue weighted by molar-refractivity contribution is 7.80. The van der Waals surface area contributed by atoms with Gasteiger partial charge in [-0.2, -0.15) is 0 Å². The van der Waals surface area contributed by atoms with Crippen LogP contribution < -0.4 is 10.2 Å². The van der Waals surface area contributed by atoms with Gasteiger partial charge in [-0.15, -0.1) is 0 Å². The summed E-state index contributed by atoms with van der Waals surface area (Å²) in [5.41, 5.74) is 1.78. The minimum atomic E-state index is -0.623. The third-order valence-corrected chi connectivity index (χ3v) is 5.46. The van der Waals surface area contributed by atoms with E-state index in [2.05, 4.69) is 5.32 Å². The number of halogens is 2. The molecular weight excluding hydrogens is 425 g/mol. The summed E-state index contributed by atoms with van der Waals surface area (Å²) in [6.45, 7) is 1.76. The van der Waals surface area contributed by atoms with Crippen LogP contribution in [0.15, 0.2) is 66.4 Å². The summed E-state index contributed by atoms with van der Waals surface area (Å²) < 4.78 is 15.8. The molecule has 8 heteroatoms. The Bertz CT molecular complexity index is 1230. The van der Waals surface area contributed by atoms with Crippen LogP contribution in [0.4, 0.5) is 10.1 Å².